The number of carbonyl (C=O) groups is 1. The van der Waals surface area contributed by atoms with Crippen LogP contribution in [0.2, 0.25) is 0 Å². The maximum Gasteiger partial charge on any atom is 0.335 e. The smallest absolute Gasteiger partial charge is 0.335 e. The zero-order valence-corrected chi connectivity index (χ0v) is 22.9. The summed E-state index contributed by atoms with van der Waals surface area (Å²) in [5.41, 5.74) is 5.50. The maximum absolute atomic E-state index is 13.3. The van der Waals surface area contributed by atoms with Crippen molar-refractivity contribution < 1.29 is 23.1 Å². The van der Waals surface area contributed by atoms with Gasteiger partial charge in [-0.2, -0.15) is 0 Å². The second kappa shape index (κ2) is 10.7. The summed E-state index contributed by atoms with van der Waals surface area (Å²) in [5, 5.41) is 16.6. The zero-order valence-electron chi connectivity index (χ0n) is 22.1. The Morgan fingerprint density at radius 3 is 1.95 bits per heavy atom. The SMILES string of the molecule is COc1ccc2nc(C)cc(Nc3ccc(S(=O)(=O)c4ccc(Nc5ccc(C(=O)O)c(C)c5)cc4)cc3)c2c1. The molecule has 0 amide bonds. The molecule has 9 heteroatoms. The minimum atomic E-state index is -3.74. The van der Waals surface area contributed by atoms with Crippen molar-refractivity contribution in [3.05, 3.63) is 108 Å². The Morgan fingerprint density at radius 1 is 0.775 bits per heavy atom. The van der Waals surface area contributed by atoms with E-state index >= 15 is 0 Å². The normalized spacial score (nSPS) is 11.3. The molecular formula is C31H27N3O5S. The molecule has 4 aromatic carbocycles. The topological polar surface area (TPSA) is 118 Å². The highest BCUT2D eigenvalue weighted by atomic mass is 32.2. The fourth-order valence-electron chi connectivity index (χ4n) is 4.44. The van der Waals surface area contributed by atoms with Gasteiger partial charge in [-0.15, -0.1) is 0 Å². The van der Waals surface area contributed by atoms with Crippen LogP contribution in [0.5, 0.6) is 5.75 Å². The average molecular weight is 554 g/mol. The largest absolute Gasteiger partial charge is 0.497 e. The van der Waals surface area contributed by atoms with Crippen LogP contribution in [0.1, 0.15) is 21.6 Å². The highest BCUT2D eigenvalue weighted by molar-refractivity contribution is 7.91. The lowest BCUT2D eigenvalue weighted by molar-refractivity contribution is 0.0696. The van der Waals surface area contributed by atoms with Gasteiger partial charge in [0, 0.05) is 33.8 Å². The number of aromatic carboxylic acids is 1. The van der Waals surface area contributed by atoms with Gasteiger partial charge in [-0.05, 0) is 110 Å². The first-order chi connectivity index (χ1) is 19.1. The molecule has 0 aliphatic carbocycles. The molecule has 5 rings (SSSR count). The van der Waals surface area contributed by atoms with E-state index in [1.807, 2.05) is 31.2 Å². The van der Waals surface area contributed by atoms with Gasteiger partial charge in [-0.3, -0.25) is 4.98 Å². The molecule has 0 spiro atoms. The van der Waals surface area contributed by atoms with Gasteiger partial charge in [-0.1, -0.05) is 0 Å². The lowest BCUT2D eigenvalue weighted by Gasteiger charge is -2.13. The number of aromatic nitrogens is 1. The van der Waals surface area contributed by atoms with Crippen LogP contribution in [0.25, 0.3) is 10.9 Å². The van der Waals surface area contributed by atoms with Crippen LogP contribution in [0.15, 0.2) is 101 Å². The number of rotatable bonds is 8. The summed E-state index contributed by atoms with van der Waals surface area (Å²) in [6.45, 7) is 3.64. The summed E-state index contributed by atoms with van der Waals surface area (Å²) in [5.74, 6) is -0.265. The lowest BCUT2D eigenvalue weighted by Crippen LogP contribution is -2.03. The molecule has 0 saturated carbocycles. The maximum atomic E-state index is 13.3. The number of ether oxygens (including phenoxy) is 1. The number of fused-ring (bicyclic) bond motifs is 1. The molecule has 0 aliphatic rings. The molecule has 8 nitrogen and oxygen atoms in total. The highest BCUT2D eigenvalue weighted by Crippen LogP contribution is 2.31. The van der Waals surface area contributed by atoms with Crippen molar-refractivity contribution in [2.24, 2.45) is 0 Å². The predicted molar refractivity (Wildman–Crippen MR) is 156 cm³/mol. The number of benzene rings is 4. The van der Waals surface area contributed by atoms with E-state index in [0.29, 0.717) is 16.9 Å². The summed E-state index contributed by atoms with van der Waals surface area (Å²) in [7, 11) is -2.13. The van der Waals surface area contributed by atoms with Crippen LogP contribution >= 0.6 is 0 Å². The molecule has 0 saturated heterocycles. The van der Waals surface area contributed by atoms with Gasteiger partial charge < -0.3 is 20.5 Å². The minimum absolute atomic E-state index is 0.166. The van der Waals surface area contributed by atoms with E-state index in [1.54, 1.807) is 74.7 Å². The molecular weight excluding hydrogens is 526 g/mol. The summed E-state index contributed by atoms with van der Waals surface area (Å²) in [6, 6.07) is 25.6. The monoisotopic (exact) mass is 553 g/mol. The van der Waals surface area contributed by atoms with Crippen LogP contribution in [0.3, 0.4) is 0 Å². The standard InChI is InChI=1S/C31H27N3O5S/c1-19-16-23(8-14-27(19)31(35)36)33-21-4-10-25(11-5-21)40(37,38)26-12-6-22(7-13-26)34-30-17-20(2)32-29-15-9-24(39-3)18-28(29)30/h4-18,33H,1-3H3,(H,32,34)(H,35,36). The summed E-state index contributed by atoms with van der Waals surface area (Å²) >= 11 is 0. The van der Waals surface area contributed by atoms with Crippen molar-refractivity contribution in [1.82, 2.24) is 4.98 Å². The first kappa shape index (κ1) is 26.7. The van der Waals surface area contributed by atoms with Gasteiger partial charge in [0.25, 0.3) is 0 Å². The number of methoxy groups -OCH3 is 1. The number of aryl methyl sites for hydroxylation is 2. The molecule has 0 fully saturated rings. The first-order valence-corrected chi connectivity index (χ1v) is 13.9. The molecule has 1 aromatic heterocycles. The van der Waals surface area contributed by atoms with Crippen molar-refractivity contribution >= 4 is 49.5 Å². The number of pyridine rings is 1. The van der Waals surface area contributed by atoms with E-state index in [4.69, 9.17) is 4.74 Å². The van der Waals surface area contributed by atoms with Crippen molar-refractivity contribution in [3.8, 4) is 5.75 Å². The number of carboxylic acid groups (broad SMARTS) is 1. The molecule has 0 radical (unpaired) electrons. The van der Waals surface area contributed by atoms with E-state index in [2.05, 4.69) is 15.6 Å². The number of carboxylic acids is 1. The Bertz CT molecular complexity index is 1830. The quantitative estimate of drug-likeness (QED) is 0.190. The molecule has 3 N–H and O–H groups in total. The van der Waals surface area contributed by atoms with Crippen molar-refractivity contribution in [3.63, 3.8) is 0 Å². The van der Waals surface area contributed by atoms with Crippen LogP contribution < -0.4 is 15.4 Å². The van der Waals surface area contributed by atoms with E-state index in [1.165, 1.54) is 6.07 Å². The molecule has 202 valence electrons. The summed E-state index contributed by atoms with van der Waals surface area (Å²) in [6.07, 6.45) is 0. The van der Waals surface area contributed by atoms with Crippen LogP contribution in [0, 0.1) is 13.8 Å². The van der Waals surface area contributed by atoms with Gasteiger partial charge in [0.05, 0.1) is 28.0 Å². The Labute approximate surface area is 232 Å². The molecule has 0 aliphatic heterocycles. The Balaban J connectivity index is 1.34. The lowest BCUT2D eigenvalue weighted by atomic mass is 10.1. The highest BCUT2D eigenvalue weighted by Gasteiger charge is 2.18. The van der Waals surface area contributed by atoms with Crippen LogP contribution in [-0.2, 0) is 9.84 Å². The summed E-state index contributed by atoms with van der Waals surface area (Å²) in [4.78, 5) is 16.2. The van der Waals surface area contributed by atoms with E-state index < -0.39 is 15.8 Å². The molecule has 40 heavy (non-hydrogen) atoms. The number of hydrogen-bond acceptors (Lipinski definition) is 7. The Morgan fingerprint density at radius 2 is 1.38 bits per heavy atom. The summed E-state index contributed by atoms with van der Waals surface area (Å²) < 4.78 is 31.9. The van der Waals surface area contributed by atoms with E-state index in [9.17, 15) is 18.3 Å². The number of nitrogens with zero attached hydrogens (tertiary/aromatic N) is 1. The van der Waals surface area contributed by atoms with Crippen molar-refractivity contribution in [2.45, 2.75) is 23.6 Å². The van der Waals surface area contributed by atoms with Gasteiger partial charge in [0.2, 0.25) is 9.84 Å². The van der Waals surface area contributed by atoms with Gasteiger partial charge >= 0.3 is 5.97 Å². The Hall–Kier alpha value is -4.89. The molecule has 1 heterocycles. The van der Waals surface area contributed by atoms with E-state index in [-0.39, 0.29) is 15.4 Å². The zero-order chi connectivity index (χ0) is 28.4. The van der Waals surface area contributed by atoms with Crippen LogP contribution in [0.4, 0.5) is 22.7 Å². The number of hydrogen-bond donors (Lipinski definition) is 3. The number of nitrogens with one attached hydrogen (secondary N) is 2. The number of anilines is 4. The fourth-order valence-corrected chi connectivity index (χ4v) is 5.70. The molecule has 0 unspecified atom stereocenters. The molecule has 0 bridgehead atoms. The molecule has 0 atom stereocenters. The van der Waals surface area contributed by atoms with Crippen molar-refractivity contribution in [2.75, 3.05) is 17.7 Å². The average Bonchev–Trinajstić information content (AvgIpc) is 2.93. The van der Waals surface area contributed by atoms with Gasteiger partial charge in [0.1, 0.15) is 5.75 Å². The second-order valence-corrected chi connectivity index (χ2v) is 11.3. The predicted octanol–water partition coefficient (Wildman–Crippen LogP) is 6.88. The Kier molecular flexibility index (Phi) is 7.15. The van der Waals surface area contributed by atoms with Gasteiger partial charge in [-0.25, -0.2) is 13.2 Å². The second-order valence-electron chi connectivity index (χ2n) is 9.33. The van der Waals surface area contributed by atoms with Crippen LogP contribution in [-0.4, -0.2) is 31.6 Å². The van der Waals surface area contributed by atoms with Gasteiger partial charge in [0.15, 0.2) is 0 Å². The third-order valence-corrected chi connectivity index (χ3v) is 8.28. The third-order valence-electron chi connectivity index (χ3n) is 6.50. The number of sulfone groups is 1. The van der Waals surface area contributed by atoms with Crippen molar-refractivity contribution in [1.29, 1.82) is 0 Å². The minimum Gasteiger partial charge on any atom is -0.497 e. The fraction of sp³-hybridized carbons (Fsp3) is 0.0968. The molecule has 5 aromatic rings. The first-order valence-electron chi connectivity index (χ1n) is 12.4. The third kappa shape index (κ3) is 5.45. The van der Waals surface area contributed by atoms with E-state index in [0.717, 1.165) is 33.7 Å².